The molecule has 0 aliphatic rings. The van der Waals surface area contributed by atoms with Crippen LogP contribution in [-0.2, 0) is 19.4 Å². The number of ether oxygens (including phenoxy) is 2. The largest absolute Gasteiger partial charge is 0.497 e. The Bertz CT molecular complexity index is 1450. The predicted octanol–water partition coefficient (Wildman–Crippen LogP) is 6.15. The van der Waals surface area contributed by atoms with E-state index in [0.717, 1.165) is 34.6 Å². The van der Waals surface area contributed by atoms with Crippen LogP contribution in [0.3, 0.4) is 0 Å². The van der Waals surface area contributed by atoms with Crippen LogP contribution in [0.2, 0.25) is 0 Å². The van der Waals surface area contributed by atoms with Crippen LogP contribution >= 0.6 is 0 Å². The van der Waals surface area contributed by atoms with Crippen LogP contribution in [0.15, 0.2) is 77.6 Å². The molecule has 0 aliphatic carbocycles. The zero-order chi connectivity index (χ0) is 25.5. The quantitative estimate of drug-likeness (QED) is 0.288. The molecule has 182 valence electrons. The van der Waals surface area contributed by atoms with E-state index in [1.165, 1.54) is 0 Å². The highest BCUT2D eigenvalue weighted by Gasteiger charge is 2.18. The van der Waals surface area contributed by atoms with Crippen molar-refractivity contribution in [2.24, 2.45) is 0 Å². The third-order valence-corrected chi connectivity index (χ3v) is 6.05. The number of methoxy groups -OCH3 is 1. The molecule has 0 aliphatic heterocycles. The summed E-state index contributed by atoms with van der Waals surface area (Å²) in [5.41, 5.74) is 4.05. The van der Waals surface area contributed by atoms with E-state index in [0.29, 0.717) is 36.4 Å². The number of hydrogen-bond donors (Lipinski definition) is 0. The van der Waals surface area contributed by atoms with Crippen LogP contribution in [-0.4, -0.2) is 16.7 Å². The first kappa shape index (κ1) is 24.7. The Balaban J connectivity index is 1.72. The van der Waals surface area contributed by atoms with Crippen molar-refractivity contribution in [1.29, 1.82) is 5.26 Å². The highest BCUT2D eigenvalue weighted by molar-refractivity contribution is 5.70. The molecule has 1 heterocycles. The van der Waals surface area contributed by atoms with E-state index in [1.807, 2.05) is 55.5 Å². The van der Waals surface area contributed by atoms with Gasteiger partial charge in [-0.1, -0.05) is 62.4 Å². The molecule has 0 fully saturated rings. The highest BCUT2D eigenvalue weighted by Crippen LogP contribution is 2.28. The maximum absolute atomic E-state index is 13.0. The number of benzene rings is 3. The van der Waals surface area contributed by atoms with Crippen LogP contribution in [0, 0.1) is 11.3 Å². The Morgan fingerprint density at radius 2 is 1.72 bits per heavy atom. The second kappa shape index (κ2) is 11.4. The van der Waals surface area contributed by atoms with Gasteiger partial charge < -0.3 is 14.0 Å². The second-order valence-electron chi connectivity index (χ2n) is 8.43. The third-order valence-electron chi connectivity index (χ3n) is 6.05. The van der Waals surface area contributed by atoms with Gasteiger partial charge in [-0.3, -0.25) is 4.79 Å². The molecule has 4 aromatic rings. The zero-order valence-electron chi connectivity index (χ0n) is 20.8. The monoisotopic (exact) mass is 479 g/mol. The topological polar surface area (TPSA) is 77.1 Å². The molecule has 0 amide bonds. The van der Waals surface area contributed by atoms with Crippen molar-refractivity contribution in [2.45, 2.75) is 39.7 Å². The van der Waals surface area contributed by atoms with Crippen LogP contribution in [0.25, 0.3) is 11.1 Å². The molecule has 0 saturated carbocycles. The van der Waals surface area contributed by atoms with Gasteiger partial charge in [-0.2, -0.15) is 10.2 Å². The smallest absolute Gasteiger partial charge is 0.316 e. The fourth-order valence-corrected chi connectivity index (χ4v) is 4.27. The average Bonchev–Trinajstić information content (AvgIpc) is 2.92. The molecule has 0 bridgehead atoms. The molecule has 0 spiro atoms. The zero-order valence-corrected chi connectivity index (χ0v) is 20.8. The lowest BCUT2D eigenvalue weighted by Crippen LogP contribution is -2.24. The van der Waals surface area contributed by atoms with E-state index >= 15 is 0 Å². The summed E-state index contributed by atoms with van der Waals surface area (Å²) < 4.78 is 13.5. The molecule has 6 nitrogen and oxygen atoms in total. The van der Waals surface area contributed by atoms with Gasteiger partial charge in [0.25, 0.3) is 0 Å². The summed E-state index contributed by atoms with van der Waals surface area (Å²) in [6.45, 7) is 4.64. The predicted molar refractivity (Wildman–Crippen MR) is 141 cm³/mol. The van der Waals surface area contributed by atoms with Crippen molar-refractivity contribution in [3.05, 3.63) is 106 Å². The van der Waals surface area contributed by atoms with Gasteiger partial charge in [0, 0.05) is 19.0 Å². The Morgan fingerprint density at radius 1 is 0.972 bits per heavy atom. The van der Waals surface area contributed by atoms with E-state index in [1.54, 1.807) is 19.2 Å². The van der Waals surface area contributed by atoms with Gasteiger partial charge in [0.15, 0.2) is 0 Å². The van der Waals surface area contributed by atoms with Gasteiger partial charge in [0.2, 0.25) is 5.75 Å². The van der Waals surface area contributed by atoms with Crippen LogP contribution < -0.4 is 15.0 Å². The Morgan fingerprint density at radius 3 is 2.42 bits per heavy atom. The van der Waals surface area contributed by atoms with Gasteiger partial charge in [0.05, 0.1) is 24.4 Å². The first-order valence-corrected chi connectivity index (χ1v) is 12.1. The van der Waals surface area contributed by atoms with Crippen LogP contribution in [0.4, 0.5) is 0 Å². The van der Waals surface area contributed by atoms with Crippen LogP contribution in [0.5, 0.6) is 17.2 Å². The van der Waals surface area contributed by atoms with Crippen LogP contribution in [0.1, 0.15) is 42.9 Å². The number of nitriles is 1. The van der Waals surface area contributed by atoms with Gasteiger partial charge in [-0.05, 0) is 47.7 Å². The van der Waals surface area contributed by atoms with E-state index in [-0.39, 0.29) is 11.3 Å². The van der Waals surface area contributed by atoms with Crippen molar-refractivity contribution < 1.29 is 9.47 Å². The van der Waals surface area contributed by atoms with Crippen molar-refractivity contribution >= 4 is 0 Å². The lowest BCUT2D eigenvalue weighted by molar-refractivity contribution is 0.406. The molecule has 4 rings (SSSR count). The maximum atomic E-state index is 13.0. The molecule has 3 aromatic carbocycles. The van der Waals surface area contributed by atoms with Gasteiger partial charge >= 0.3 is 5.56 Å². The van der Waals surface area contributed by atoms with Gasteiger partial charge in [0.1, 0.15) is 17.3 Å². The number of nitrogens with zero attached hydrogens (tertiary/aromatic N) is 3. The fourth-order valence-electron chi connectivity index (χ4n) is 4.27. The molecule has 0 radical (unpaired) electrons. The van der Waals surface area contributed by atoms with E-state index in [4.69, 9.17) is 9.47 Å². The second-order valence-corrected chi connectivity index (χ2v) is 8.43. The number of aromatic nitrogens is 2. The molecule has 0 atom stereocenters. The molecule has 0 saturated heterocycles. The number of aryl methyl sites for hydroxylation is 1. The maximum Gasteiger partial charge on any atom is 0.316 e. The summed E-state index contributed by atoms with van der Waals surface area (Å²) in [6.07, 6.45) is 2.17. The minimum Gasteiger partial charge on any atom is -0.497 e. The molecule has 6 heteroatoms. The summed E-state index contributed by atoms with van der Waals surface area (Å²) in [7, 11) is 1.59. The summed E-state index contributed by atoms with van der Waals surface area (Å²) in [5, 5.41) is 9.45. The molecule has 0 N–H and O–H groups in total. The minimum absolute atomic E-state index is 0.241. The summed E-state index contributed by atoms with van der Waals surface area (Å²) in [5.74, 6) is 2.17. The van der Waals surface area contributed by atoms with E-state index < -0.39 is 0 Å². The number of rotatable bonds is 9. The highest BCUT2D eigenvalue weighted by atomic mass is 16.5. The molecule has 0 unspecified atom stereocenters. The lowest BCUT2D eigenvalue weighted by atomic mass is 9.99. The molecule has 1 aromatic heterocycles. The van der Waals surface area contributed by atoms with Crippen molar-refractivity contribution in [3.63, 3.8) is 0 Å². The SMILES string of the molecule is CCCc1nc(=O)c(Oc2cccc(OC)c2)c(CC)n1Cc1ccc(-c2ccccc2C#N)cc1. The first-order chi connectivity index (χ1) is 17.6. The number of hydrogen-bond acceptors (Lipinski definition) is 5. The van der Waals surface area contributed by atoms with Crippen molar-refractivity contribution in [1.82, 2.24) is 9.55 Å². The van der Waals surface area contributed by atoms with E-state index in [9.17, 15) is 10.1 Å². The summed E-state index contributed by atoms with van der Waals surface area (Å²) in [6, 6.07) is 25.2. The average molecular weight is 480 g/mol. The fraction of sp³-hybridized carbons (Fsp3) is 0.233. The summed E-state index contributed by atoms with van der Waals surface area (Å²) in [4.78, 5) is 17.4. The first-order valence-electron chi connectivity index (χ1n) is 12.1. The Kier molecular flexibility index (Phi) is 7.82. The van der Waals surface area contributed by atoms with Crippen molar-refractivity contribution in [3.8, 4) is 34.4 Å². The Labute approximate surface area is 211 Å². The van der Waals surface area contributed by atoms with Gasteiger partial charge in [-0.15, -0.1) is 0 Å². The minimum atomic E-state index is -0.363. The third kappa shape index (κ3) is 5.31. The van der Waals surface area contributed by atoms with E-state index in [2.05, 4.69) is 34.7 Å². The van der Waals surface area contributed by atoms with Crippen molar-refractivity contribution in [2.75, 3.05) is 7.11 Å². The molecular formula is C30H29N3O3. The molecule has 36 heavy (non-hydrogen) atoms. The normalized spacial score (nSPS) is 10.6. The summed E-state index contributed by atoms with van der Waals surface area (Å²) >= 11 is 0. The molecular weight excluding hydrogens is 450 g/mol. The lowest BCUT2D eigenvalue weighted by Gasteiger charge is -2.20. The Hall–Kier alpha value is -4.37. The standard InChI is InChI=1S/C30H29N3O3/c1-4-9-28-32-30(34)29(36-25-12-8-11-24(18-25)35-3)27(5-2)33(28)20-21-14-16-22(17-15-21)26-13-7-6-10-23(26)19-31/h6-8,10-18H,4-5,9,20H2,1-3H3. The van der Waals surface area contributed by atoms with Gasteiger partial charge in [-0.25, -0.2) is 0 Å².